The van der Waals surface area contributed by atoms with Gasteiger partial charge in [0.1, 0.15) is 30.2 Å². The highest BCUT2D eigenvalue weighted by Crippen LogP contribution is 2.13. The van der Waals surface area contributed by atoms with Crippen molar-refractivity contribution in [1.29, 1.82) is 0 Å². The molecular weight excluding hydrogens is 770 g/mol. The molecule has 0 fully saturated rings. The number of benzene rings is 1. The molecule has 0 radical (unpaired) electrons. The summed E-state index contributed by atoms with van der Waals surface area (Å²) in [6.07, 6.45) is 1.50. The highest BCUT2D eigenvalue weighted by molar-refractivity contribution is 6.00. The van der Waals surface area contributed by atoms with Crippen LogP contribution in [0.15, 0.2) is 42.5 Å². The van der Waals surface area contributed by atoms with E-state index < -0.39 is 108 Å². The summed E-state index contributed by atoms with van der Waals surface area (Å²) in [5, 5.41) is 26.4. The van der Waals surface area contributed by atoms with Crippen molar-refractivity contribution in [2.24, 2.45) is 29.2 Å². The van der Waals surface area contributed by atoms with Crippen molar-refractivity contribution in [2.45, 2.75) is 104 Å². The Hall–Kier alpha value is -6.34. The molecule has 1 aromatic rings. The maximum Gasteiger partial charge on any atom is 0.326 e. The molecule has 0 aliphatic carbocycles. The van der Waals surface area contributed by atoms with Gasteiger partial charge in [0.25, 0.3) is 0 Å². The van der Waals surface area contributed by atoms with Gasteiger partial charge in [0, 0.05) is 25.0 Å². The molecule has 20 heteroatoms. The normalized spacial score (nSPS) is 14.1. The van der Waals surface area contributed by atoms with E-state index in [9.17, 15) is 53.1 Å². The van der Waals surface area contributed by atoms with Crippen LogP contribution in [0.5, 0.6) is 0 Å². The Balaban J connectivity index is 2.90. The summed E-state index contributed by atoms with van der Waals surface area (Å²) in [6, 6.07) is 2.63. The van der Waals surface area contributed by atoms with E-state index in [1.165, 1.54) is 0 Å². The van der Waals surface area contributed by atoms with Crippen LogP contribution in [0.25, 0.3) is 0 Å². The van der Waals surface area contributed by atoms with Gasteiger partial charge in [0.15, 0.2) is 0 Å². The molecular formula is C39H59N9O11. The first-order chi connectivity index (χ1) is 27.6. The van der Waals surface area contributed by atoms with Crippen LogP contribution in [0.3, 0.4) is 0 Å². The predicted octanol–water partition coefficient (Wildman–Crippen LogP) is -1.97. The van der Waals surface area contributed by atoms with Gasteiger partial charge in [-0.05, 0) is 36.2 Å². The summed E-state index contributed by atoms with van der Waals surface area (Å²) < 4.78 is 0. The first-order valence-electron chi connectivity index (χ1n) is 19.2. The van der Waals surface area contributed by atoms with Crippen molar-refractivity contribution in [2.75, 3.05) is 13.1 Å². The number of hydrogen-bond donors (Lipinski definition) is 10. The molecule has 12 N–H and O–H groups in total. The SMILES string of the molecule is CCC(C)C(NC(=O)C(CCC(N)=O)NC(=O)C=CC(=O)NCC(=O)NCC(=O)NC(Cc1ccccc1)C(=O)O)C(=O)NC(CC(C)C)C(=O)NC(C(N)=O)C(C)C. The maximum atomic E-state index is 13.6. The Morgan fingerprint density at radius 3 is 1.78 bits per heavy atom. The Morgan fingerprint density at radius 1 is 0.661 bits per heavy atom. The van der Waals surface area contributed by atoms with Crippen LogP contribution in [0, 0.1) is 17.8 Å². The predicted molar refractivity (Wildman–Crippen MR) is 214 cm³/mol. The quantitative estimate of drug-likeness (QED) is 0.0457. The van der Waals surface area contributed by atoms with Crippen molar-refractivity contribution in [3.05, 3.63) is 48.0 Å². The summed E-state index contributed by atoms with van der Waals surface area (Å²) in [7, 11) is 0. The Labute approximate surface area is 343 Å². The van der Waals surface area contributed by atoms with Crippen LogP contribution < -0.4 is 48.7 Å². The number of amides is 9. The van der Waals surface area contributed by atoms with Gasteiger partial charge in [-0.2, -0.15) is 0 Å². The molecule has 0 aliphatic rings. The average Bonchev–Trinajstić information content (AvgIpc) is 3.16. The first kappa shape index (κ1) is 50.7. The van der Waals surface area contributed by atoms with E-state index in [1.54, 1.807) is 58.0 Å². The molecule has 0 heterocycles. The van der Waals surface area contributed by atoms with Gasteiger partial charge in [-0.1, -0.05) is 78.3 Å². The molecule has 0 saturated heterocycles. The number of aliphatic carboxylic acids is 1. The van der Waals surface area contributed by atoms with Crippen LogP contribution in [-0.4, -0.2) is 108 Å². The fourth-order valence-electron chi connectivity index (χ4n) is 5.43. The van der Waals surface area contributed by atoms with Gasteiger partial charge in [0.05, 0.1) is 13.1 Å². The van der Waals surface area contributed by atoms with E-state index in [4.69, 9.17) is 11.5 Å². The minimum absolute atomic E-state index is 0.0131. The van der Waals surface area contributed by atoms with E-state index >= 15 is 0 Å². The molecule has 6 atom stereocenters. The van der Waals surface area contributed by atoms with Gasteiger partial charge in [-0.15, -0.1) is 0 Å². The standard InChI is InChI=1S/C39H59N9O11/c1-7-23(6)34(38(57)46-26(17-21(2)3)37(56)47-33(22(4)5)35(41)54)48-36(55)25(13-14-28(40)49)44-30(51)16-15-29(50)42-19-31(52)43-20-32(53)45-27(39(58)59)18-24-11-9-8-10-12-24/h8-12,15-16,21-23,25-27,33-34H,7,13-14,17-20H2,1-6H3,(H2,40,49)(H2,41,54)(H,42,50)(H,43,52)(H,44,51)(H,45,53)(H,46,57)(H,47,56)(H,48,55)(H,58,59). The van der Waals surface area contributed by atoms with E-state index in [0.29, 0.717) is 12.0 Å². The molecule has 1 rings (SSSR count). The summed E-state index contributed by atoms with van der Waals surface area (Å²) in [5.74, 6) is -9.37. The van der Waals surface area contributed by atoms with Crippen LogP contribution in [0.1, 0.15) is 72.8 Å². The number of carboxylic acid groups (broad SMARTS) is 1. The zero-order valence-corrected chi connectivity index (χ0v) is 34.3. The number of rotatable bonds is 26. The fourth-order valence-corrected chi connectivity index (χ4v) is 5.43. The van der Waals surface area contributed by atoms with Crippen molar-refractivity contribution in [3.63, 3.8) is 0 Å². The zero-order chi connectivity index (χ0) is 44.8. The second-order valence-corrected chi connectivity index (χ2v) is 14.7. The van der Waals surface area contributed by atoms with Crippen molar-refractivity contribution < 1.29 is 53.1 Å². The summed E-state index contributed by atoms with van der Waals surface area (Å²) in [6.45, 7) is 9.30. The third-order valence-electron chi connectivity index (χ3n) is 8.89. The number of nitrogens with two attached hydrogens (primary N) is 2. The Kier molecular flexibility index (Phi) is 22.2. The molecule has 20 nitrogen and oxygen atoms in total. The number of nitrogens with one attached hydrogen (secondary N) is 7. The monoisotopic (exact) mass is 829 g/mol. The minimum Gasteiger partial charge on any atom is -0.480 e. The zero-order valence-electron chi connectivity index (χ0n) is 34.3. The lowest BCUT2D eigenvalue weighted by molar-refractivity contribution is -0.141. The number of carbonyl (C=O) groups excluding carboxylic acids is 9. The average molecular weight is 830 g/mol. The molecule has 326 valence electrons. The Bertz CT molecular complexity index is 1680. The molecule has 0 spiro atoms. The molecule has 6 unspecified atom stereocenters. The molecule has 0 aromatic heterocycles. The lowest BCUT2D eigenvalue weighted by Gasteiger charge is -2.29. The molecule has 0 saturated carbocycles. The molecule has 1 aromatic carbocycles. The lowest BCUT2D eigenvalue weighted by Crippen LogP contribution is -2.60. The van der Waals surface area contributed by atoms with Crippen LogP contribution in [0.4, 0.5) is 0 Å². The largest absolute Gasteiger partial charge is 0.480 e. The van der Waals surface area contributed by atoms with Gasteiger partial charge in [0.2, 0.25) is 53.2 Å². The number of carboxylic acids is 1. The molecule has 59 heavy (non-hydrogen) atoms. The minimum atomic E-state index is -1.41. The summed E-state index contributed by atoms with van der Waals surface area (Å²) in [4.78, 5) is 125. The van der Waals surface area contributed by atoms with E-state index in [-0.39, 0.29) is 37.5 Å². The smallest absolute Gasteiger partial charge is 0.326 e. The van der Waals surface area contributed by atoms with Gasteiger partial charge < -0.3 is 53.8 Å². The van der Waals surface area contributed by atoms with E-state index in [2.05, 4.69) is 37.2 Å². The molecule has 0 bridgehead atoms. The van der Waals surface area contributed by atoms with E-state index in [1.807, 2.05) is 13.8 Å². The summed E-state index contributed by atoms with van der Waals surface area (Å²) >= 11 is 0. The highest BCUT2D eigenvalue weighted by atomic mass is 16.4. The lowest BCUT2D eigenvalue weighted by atomic mass is 9.95. The van der Waals surface area contributed by atoms with Crippen molar-refractivity contribution >= 4 is 59.1 Å². The second-order valence-electron chi connectivity index (χ2n) is 14.7. The van der Waals surface area contributed by atoms with Crippen molar-refractivity contribution in [1.82, 2.24) is 37.2 Å². The second kappa shape index (κ2) is 25.8. The summed E-state index contributed by atoms with van der Waals surface area (Å²) in [5.41, 5.74) is 11.4. The number of carbonyl (C=O) groups is 10. The Morgan fingerprint density at radius 2 is 1.24 bits per heavy atom. The van der Waals surface area contributed by atoms with Gasteiger partial charge >= 0.3 is 5.97 Å². The fraction of sp³-hybridized carbons (Fsp3) is 0.538. The number of primary amides is 2. The maximum absolute atomic E-state index is 13.6. The number of hydrogen-bond acceptors (Lipinski definition) is 10. The molecule has 9 amide bonds. The topological polar surface area (TPSA) is 327 Å². The molecule has 0 aliphatic heterocycles. The third-order valence-corrected chi connectivity index (χ3v) is 8.89. The van der Waals surface area contributed by atoms with Crippen LogP contribution >= 0.6 is 0 Å². The third kappa shape index (κ3) is 20.1. The first-order valence-corrected chi connectivity index (χ1v) is 19.2. The van der Waals surface area contributed by atoms with E-state index in [0.717, 1.165) is 12.2 Å². The van der Waals surface area contributed by atoms with Gasteiger partial charge in [-0.25, -0.2) is 4.79 Å². The highest BCUT2D eigenvalue weighted by Gasteiger charge is 2.34. The van der Waals surface area contributed by atoms with Crippen LogP contribution in [0.2, 0.25) is 0 Å². The van der Waals surface area contributed by atoms with Crippen molar-refractivity contribution in [3.8, 4) is 0 Å². The van der Waals surface area contributed by atoms with Crippen LogP contribution in [-0.2, 0) is 54.4 Å². The van der Waals surface area contributed by atoms with Gasteiger partial charge in [-0.3, -0.25) is 43.2 Å².